The summed E-state index contributed by atoms with van der Waals surface area (Å²) in [5.74, 6) is -0.612. The predicted molar refractivity (Wildman–Crippen MR) is 114 cm³/mol. The first-order chi connectivity index (χ1) is 13.7. The minimum Gasteiger partial charge on any atom is -0.352 e. The lowest BCUT2D eigenvalue weighted by Crippen LogP contribution is -2.39. The fraction of sp³-hybridized carbons (Fsp3) is 0.286. The average Bonchev–Trinajstić information content (AvgIpc) is 2.64. The molecule has 0 bridgehead atoms. The third kappa shape index (κ3) is 6.50. The molecular weight excluding hydrogens is 392 g/mol. The minimum absolute atomic E-state index is 0.0439. The summed E-state index contributed by atoms with van der Waals surface area (Å²) in [4.78, 5) is 37.7. The lowest BCUT2D eigenvalue weighted by atomic mass is 10.0. The second kappa shape index (κ2) is 9.93. The molecule has 29 heavy (non-hydrogen) atoms. The molecule has 2 aromatic carbocycles. The van der Waals surface area contributed by atoms with E-state index in [9.17, 15) is 14.4 Å². The van der Waals surface area contributed by atoms with Crippen molar-refractivity contribution in [2.45, 2.75) is 26.3 Å². The number of amides is 4. The van der Waals surface area contributed by atoms with Crippen molar-refractivity contribution in [2.75, 3.05) is 18.9 Å². The summed E-state index contributed by atoms with van der Waals surface area (Å²) in [6.45, 7) is 3.70. The number of urea groups is 1. The number of primary amides is 1. The zero-order valence-corrected chi connectivity index (χ0v) is 17.4. The second-order valence-electron chi connectivity index (χ2n) is 6.88. The Morgan fingerprint density at radius 2 is 1.66 bits per heavy atom. The summed E-state index contributed by atoms with van der Waals surface area (Å²) >= 11 is 5.89. The molecule has 0 radical (unpaired) electrons. The van der Waals surface area contributed by atoms with Crippen LogP contribution in [0, 0.1) is 13.8 Å². The maximum Gasteiger partial charge on any atom is 0.312 e. The van der Waals surface area contributed by atoms with Crippen molar-refractivity contribution < 1.29 is 14.4 Å². The molecule has 0 heterocycles. The third-order valence-corrected chi connectivity index (χ3v) is 4.77. The van der Waals surface area contributed by atoms with E-state index in [0.29, 0.717) is 10.6 Å². The standard InChI is InChI=1S/C21H25ClN4O3/c1-13-5-4-6-14(2)20(13)25-18(27)12-26(3)19(28)11-17(24-21(23)29)15-7-9-16(22)10-8-15/h4-10,17H,11-12H2,1-3H3,(H,25,27)(H3,23,24,29)/t17-/m1/s1. The van der Waals surface area contributed by atoms with Crippen LogP contribution in [0.4, 0.5) is 10.5 Å². The van der Waals surface area contributed by atoms with E-state index in [0.717, 1.165) is 16.8 Å². The third-order valence-electron chi connectivity index (χ3n) is 4.52. The number of carbonyl (C=O) groups excluding carboxylic acids is 3. The van der Waals surface area contributed by atoms with E-state index in [1.807, 2.05) is 32.0 Å². The summed E-state index contributed by atoms with van der Waals surface area (Å²) < 4.78 is 0. The van der Waals surface area contributed by atoms with Gasteiger partial charge in [0.15, 0.2) is 0 Å². The van der Waals surface area contributed by atoms with Crippen LogP contribution in [0.3, 0.4) is 0 Å². The number of hydrogen-bond acceptors (Lipinski definition) is 3. The second-order valence-corrected chi connectivity index (χ2v) is 7.32. The van der Waals surface area contributed by atoms with Gasteiger partial charge in [0, 0.05) is 17.8 Å². The Hall–Kier alpha value is -3.06. The molecule has 0 aliphatic heterocycles. The number of aryl methyl sites for hydroxylation is 2. The van der Waals surface area contributed by atoms with Crippen LogP contribution in [-0.2, 0) is 9.59 Å². The molecule has 0 saturated heterocycles. The van der Waals surface area contributed by atoms with Gasteiger partial charge in [-0.15, -0.1) is 0 Å². The Morgan fingerprint density at radius 3 is 2.21 bits per heavy atom. The highest BCUT2D eigenvalue weighted by molar-refractivity contribution is 6.30. The lowest BCUT2D eigenvalue weighted by Gasteiger charge is -2.22. The van der Waals surface area contributed by atoms with Crippen molar-refractivity contribution in [1.82, 2.24) is 10.2 Å². The van der Waals surface area contributed by atoms with Crippen LogP contribution in [0.15, 0.2) is 42.5 Å². The van der Waals surface area contributed by atoms with Crippen LogP contribution in [0.1, 0.15) is 29.2 Å². The van der Waals surface area contributed by atoms with Gasteiger partial charge in [0.25, 0.3) is 0 Å². The smallest absolute Gasteiger partial charge is 0.312 e. The molecule has 4 amide bonds. The number of nitrogens with zero attached hydrogens (tertiary/aromatic N) is 1. The summed E-state index contributed by atoms with van der Waals surface area (Å²) in [5, 5.41) is 5.95. The van der Waals surface area contributed by atoms with Crippen molar-refractivity contribution in [2.24, 2.45) is 5.73 Å². The molecule has 8 heteroatoms. The van der Waals surface area contributed by atoms with E-state index < -0.39 is 12.1 Å². The molecule has 1 atom stereocenters. The highest BCUT2D eigenvalue weighted by atomic mass is 35.5. The molecule has 0 unspecified atom stereocenters. The van der Waals surface area contributed by atoms with Crippen LogP contribution in [0.25, 0.3) is 0 Å². The minimum atomic E-state index is -0.742. The number of hydrogen-bond donors (Lipinski definition) is 3. The van der Waals surface area contributed by atoms with E-state index in [1.165, 1.54) is 11.9 Å². The molecule has 0 aliphatic carbocycles. The number of likely N-dealkylation sites (N-methyl/N-ethyl adjacent to an activating group) is 1. The number of anilines is 1. The Kier molecular flexibility index (Phi) is 7.61. The first-order valence-electron chi connectivity index (χ1n) is 9.09. The largest absolute Gasteiger partial charge is 0.352 e. The first kappa shape index (κ1) is 22.2. The van der Waals surface area contributed by atoms with E-state index in [4.69, 9.17) is 17.3 Å². The van der Waals surface area contributed by atoms with Gasteiger partial charge in [0.1, 0.15) is 0 Å². The van der Waals surface area contributed by atoms with Gasteiger partial charge in [-0.1, -0.05) is 41.9 Å². The summed E-state index contributed by atoms with van der Waals surface area (Å²) in [7, 11) is 1.54. The van der Waals surface area contributed by atoms with Gasteiger partial charge in [-0.05, 0) is 42.7 Å². The fourth-order valence-corrected chi connectivity index (χ4v) is 3.07. The van der Waals surface area contributed by atoms with Gasteiger partial charge in [0.05, 0.1) is 19.0 Å². The monoisotopic (exact) mass is 416 g/mol. The molecule has 4 N–H and O–H groups in total. The molecule has 2 aromatic rings. The molecule has 0 fully saturated rings. The van der Waals surface area contributed by atoms with Gasteiger partial charge in [-0.2, -0.15) is 0 Å². The highest BCUT2D eigenvalue weighted by Crippen LogP contribution is 2.21. The van der Waals surface area contributed by atoms with Gasteiger partial charge < -0.3 is 21.3 Å². The number of para-hydroxylation sites is 1. The maximum absolute atomic E-state index is 12.6. The number of carbonyl (C=O) groups is 3. The molecular formula is C21H25ClN4O3. The quantitative estimate of drug-likeness (QED) is 0.645. The van der Waals surface area contributed by atoms with E-state index in [-0.39, 0.29) is 24.8 Å². The van der Waals surface area contributed by atoms with Crippen molar-refractivity contribution in [3.8, 4) is 0 Å². The molecule has 0 aliphatic rings. The molecule has 0 saturated carbocycles. The fourth-order valence-electron chi connectivity index (χ4n) is 2.94. The van der Waals surface area contributed by atoms with Crippen LogP contribution in [-0.4, -0.2) is 36.3 Å². The first-order valence-corrected chi connectivity index (χ1v) is 9.46. The van der Waals surface area contributed by atoms with Crippen molar-refractivity contribution in [1.29, 1.82) is 0 Å². The SMILES string of the molecule is Cc1cccc(C)c1NC(=O)CN(C)C(=O)C[C@@H](NC(N)=O)c1ccc(Cl)cc1. The number of benzene rings is 2. The van der Waals surface area contributed by atoms with Crippen LogP contribution < -0.4 is 16.4 Å². The summed E-state index contributed by atoms with van der Waals surface area (Å²) in [5.41, 5.74) is 8.57. The van der Waals surface area contributed by atoms with Gasteiger partial charge in [-0.25, -0.2) is 4.79 Å². The van der Waals surface area contributed by atoms with Crippen molar-refractivity contribution in [3.05, 3.63) is 64.2 Å². The lowest BCUT2D eigenvalue weighted by molar-refractivity contribution is -0.133. The van der Waals surface area contributed by atoms with Gasteiger partial charge in [0.2, 0.25) is 11.8 Å². The van der Waals surface area contributed by atoms with Crippen LogP contribution in [0.2, 0.25) is 5.02 Å². The van der Waals surface area contributed by atoms with Crippen molar-refractivity contribution >= 4 is 35.1 Å². The van der Waals surface area contributed by atoms with Crippen LogP contribution >= 0.6 is 11.6 Å². The number of halogens is 1. The average molecular weight is 417 g/mol. The zero-order valence-electron chi connectivity index (χ0n) is 16.7. The zero-order chi connectivity index (χ0) is 21.6. The Morgan fingerprint density at radius 1 is 1.07 bits per heavy atom. The van der Waals surface area contributed by atoms with E-state index >= 15 is 0 Å². The van der Waals surface area contributed by atoms with E-state index in [2.05, 4.69) is 10.6 Å². The Balaban J connectivity index is 2.02. The summed E-state index contributed by atoms with van der Waals surface area (Å²) in [6, 6.07) is 11.1. The highest BCUT2D eigenvalue weighted by Gasteiger charge is 2.21. The summed E-state index contributed by atoms with van der Waals surface area (Å²) in [6.07, 6.45) is -0.0439. The molecule has 7 nitrogen and oxygen atoms in total. The number of nitrogens with one attached hydrogen (secondary N) is 2. The Labute approximate surface area is 175 Å². The maximum atomic E-state index is 12.6. The topological polar surface area (TPSA) is 105 Å². The molecule has 2 rings (SSSR count). The van der Waals surface area contributed by atoms with Gasteiger partial charge in [-0.3, -0.25) is 9.59 Å². The predicted octanol–water partition coefficient (Wildman–Crippen LogP) is 3.15. The number of nitrogens with two attached hydrogens (primary N) is 1. The van der Waals surface area contributed by atoms with Gasteiger partial charge >= 0.3 is 6.03 Å². The van der Waals surface area contributed by atoms with Crippen molar-refractivity contribution in [3.63, 3.8) is 0 Å². The normalized spacial score (nSPS) is 11.4. The van der Waals surface area contributed by atoms with E-state index in [1.54, 1.807) is 24.3 Å². The van der Waals surface area contributed by atoms with Crippen LogP contribution in [0.5, 0.6) is 0 Å². The molecule has 0 spiro atoms. The Bertz CT molecular complexity index is 879. The molecule has 154 valence electrons. The number of rotatable bonds is 7. The molecule has 0 aromatic heterocycles.